The van der Waals surface area contributed by atoms with E-state index in [4.69, 9.17) is 0 Å². The molecule has 3 nitrogen and oxygen atoms in total. The van der Waals surface area contributed by atoms with Gasteiger partial charge in [-0.05, 0) is 20.0 Å². The van der Waals surface area contributed by atoms with Gasteiger partial charge in [0.05, 0.1) is 5.69 Å². The summed E-state index contributed by atoms with van der Waals surface area (Å²) < 4.78 is 38.8. The number of hydrogen-bond acceptors (Lipinski definition) is 2. The van der Waals surface area contributed by atoms with Crippen LogP contribution < -0.4 is 5.32 Å². The van der Waals surface area contributed by atoms with Crippen LogP contribution in [-0.4, -0.2) is 23.0 Å². The summed E-state index contributed by atoms with van der Waals surface area (Å²) in [5, 5.41) is 6.03. The molecule has 0 spiro atoms. The molecule has 0 bridgehead atoms. The Morgan fingerprint density at radius 1 is 1.57 bits per heavy atom. The summed E-state index contributed by atoms with van der Waals surface area (Å²) in [6, 6.07) is -0.275. The van der Waals surface area contributed by atoms with E-state index < -0.39 is 12.2 Å². The van der Waals surface area contributed by atoms with E-state index >= 15 is 0 Å². The minimum absolute atomic E-state index is 0.141. The Morgan fingerprint density at radius 2 is 2.21 bits per heavy atom. The van der Waals surface area contributed by atoms with E-state index in [-0.39, 0.29) is 5.69 Å². The van der Waals surface area contributed by atoms with Gasteiger partial charge in [-0.15, -0.1) is 0 Å². The molecule has 0 amide bonds. The minimum Gasteiger partial charge on any atom is -0.304 e. The lowest BCUT2D eigenvalue weighted by molar-refractivity contribution is -0.157. The topological polar surface area (TPSA) is 29.9 Å². The van der Waals surface area contributed by atoms with Gasteiger partial charge in [-0.2, -0.15) is 18.3 Å². The van der Waals surface area contributed by atoms with Gasteiger partial charge >= 0.3 is 6.18 Å². The van der Waals surface area contributed by atoms with Crippen LogP contribution in [0.15, 0.2) is 12.3 Å². The standard InChI is InChI=1S/C8H12F3N3/c1-3-14-6(4-5-13-14)7(12-2)8(9,10)11/h4-5,7,12H,3H2,1-2H3. The highest BCUT2D eigenvalue weighted by Crippen LogP contribution is 2.31. The predicted octanol–water partition coefficient (Wildman–Crippen LogP) is 1.73. The average molecular weight is 207 g/mol. The Hall–Kier alpha value is -1.04. The van der Waals surface area contributed by atoms with Crippen molar-refractivity contribution in [3.8, 4) is 0 Å². The average Bonchev–Trinajstić information content (AvgIpc) is 2.51. The molecule has 1 heterocycles. The largest absolute Gasteiger partial charge is 0.409 e. The third-order valence-corrected chi connectivity index (χ3v) is 1.96. The number of rotatable bonds is 3. The third-order valence-electron chi connectivity index (χ3n) is 1.96. The monoisotopic (exact) mass is 207 g/mol. The molecule has 0 aromatic carbocycles. The molecule has 0 fully saturated rings. The molecular formula is C8H12F3N3. The van der Waals surface area contributed by atoms with Crippen LogP contribution in [0.25, 0.3) is 0 Å². The van der Waals surface area contributed by atoms with Crippen molar-refractivity contribution in [1.82, 2.24) is 15.1 Å². The van der Waals surface area contributed by atoms with E-state index in [2.05, 4.69) is 10.4 Å². The molecule has 1 rings (SSSR count). The molecule has 1 atom stereocenters. The molecule has 0 aliphatic carbocycles. The zero-order valence-corrected chi connectivity index (χ0v) is 7.97. The zero-order chi connectivity index (χ0) is 10.8. The van der Waals surface area contributed by atoms with Crippen LogP contribution in [0.1, 0.15) is 18.7 Å². The van der Waals surface area contributed by atoms with Gasteiger partial charge in [0.15, 0.2) is 0 Å². The van der Waals surface area contributed by atoms with Crippen molar-refractivity contribution >= 4 is 0 Å². The summed E-state index contributed by atoms with van der Waals surface area (Å²) in [4.78, 5) is 0. The molecule has 0 saturated heterocycles. The maximum absolute atomic E-state index is 12.5. The molecule has 0 radical (unpaired) electrons. The summed E-state index contributed by atoms with van der Waals surface area (Å²) in [5.41, 5.74) is 0.141. The minimum atomic E-state index is -4.29. The van der Waals surface area contributed by atoms with Crippen LogP contribution in [0.3, 0.4) is 0 Å². The Bertz CT molecular complexity index is 292. The Kier molecular flexibility index (Phi) is 3.15. The van der Waals surface area contributed by atoms with Crippen LogP contribution in [0, 0.1) is 0 Å². The summed E-state index contributed by atoms with van der Waals surface area (Å²) in [5.74, 6) is 0. The van der Waals surface area contributed by atoms with Crippen molar-refractivity contribution in [2.45, 2.75) is 25.7 Å². The molecule has 0 saturated carbocycles. The second kappa shape index (κ2) is 4.00. The molecule has 0 aliphatic rings. The molecule has 80 valence electrons. The van der Waals surface area contributed by atoms with Crippen molar-refractivity contribution in [2.75, 3.05) is 7.05 Å². The van der Waals surface area contributed by atoms with E-state index in [1.165, 1.54) is 24.0 Å². The van der Waals surface area contributed by atoms with Gasteiger partial charge < -0.3 is 5.32 Å². The number of alkyl halides is 3. The first-order chi connectivity index (χ1) is 6.50. The molecule has 1 unspecified atom stereocenters. The SMILES string of the molecule is CCn1nccc1C(NC)C(F)(F)F. The van der Waals surface area contributed by atoms with Gasteiger partial charge in [0.2, 0.25) is 0 Å². The molecular weight excluding hydrogens is 195 g/mol. The molecule has 14 heavy (non-hydrogen) atoms. The number of aromatic nitrogens is 2. The van der Waals surface area contributed by atoms with Gasteiger partial charge in [0.25, 0.3) is 0 Å². The molecule has 1 N–H and O–H groups in total. The first kappa shape index (κ1) is 11.0. The summed E-state index contributed by atoms with van der Waals surface area (Å²) in [6.07, 6.45) is -2.92. The fourth-order valence-electron chi connectivity index (χ4n) is 1.33. The van der Waals surface area contributed by atoms with Crippen molar-refractivity contribution < 1.29 is 13.2 Å². The number of nitrogens with one attached hydrogen (secondary N) is 1. The van der Waals surface area contributed by atoms with Gasteiger partial charge in [0.1, 0.15) is 6.04 Å². The Labute approximate surface area is 79.9 Å². The lowest BCUT2D eigenvalue weighted by Crippen LogP contribution is -2.33. The normalized spacial score (nSPS) is 14.4. The van der Waals surface area contributed by atoms with Crippen molar-refractivity contribution in [3.05, 3.63) is 18.0 Å². The zero-order valence-electron chi connectivity index (χ0n) is 7.97. The molecule has 1 aromatic heterocycles. The Balaban J connectivity index is 3.01. The number of hydrogen-bond donors (Lipinski definition) is 1. The van der Waals surface area contributed by atoms with E-state index in [1.54, 1.807) is 6.92 Å². The maximum atomic E-state index is 12.5. The quantitative estimate of drug-likeness (QED) is 0.817. The van der Waals surface area contributed by atoms with Gasteiger partial charge in [-0.25, -0.2) is 0 Å². The van der Waals surface area contributed by atoms with E-state index in [0.717, 1.165) is 0 Å². The molecule has 1 aromatic rings. The fraction of sp³-hybridized carbons (Fsp3) is 0.625. The lowest BCUT2D eigenvalue weighted by Gasteiger charge is -2.20. The Morgan fingerprint density at radius 3 is 2.64 bits per heavy atom. The third kappa shape index (κ3) is 2.06. The second-order valence-corrected chi connectivity index (χ2v) is 2.84. The van der Waals surface area contributed by atoms with Gasteiger partial charge in [-0.1, -0.05) is 0 Å². The van der Waals surface area contributed by atoms with Crippen LogP contribution >= 0.6 is 0 Å². The number of aryl methyl sites for hydroxylation is 1. The molecule has 6 heteroatoms. The second-order valence-electron chi connectivity index (χ2n) is 2.84. The van der Waals surface area contributed by atoms with Gasteiger partial charge in [-0.3, -0.25) is 4.68 Å². The highest BCUT2D eigenvalue weighted by atomic mass is 19.4. The van der Waals surface area contributed by atoms with E-state index in [1.807, 2.05) is 0 Å². The van der Waals surface area contributed by atoms with Gasteiger partial charge in [0, 0.05) is 12.7 Å². The first-order valence-corrected chi connectivity index (χ1v) is 4.26. The smallest absolute Gasteiger partial charge is 0.304 e. The lowest BCUT2D eigenvalue weighted by atomic mass is 10.2. The number of halogens is 3. The maximum Gasteiger partial charge on any atom is 0.409 e. The summed E-state index contributed by atoms with van der Waals surface area (Å²) in [7, 11) is 1.28. The van der Waals surface area contributed by atoms with Crippen LogP contribution in [0.5, 0.6) is 0 Å². The van der Waals surface area contributed by atoms with E-state index in [0.29, 0.717) is 6.54 Å². The summed E-state index contributed by atoms with van der Waals surface area (Å²) in [6.45, 7) is 2.18. The molecule has 0 aliphatic heterocycles. The number of nitrogens with zero attached hydrogens (tertiary/aromatic N) is 2. The predicted molar refractivity (Wildman–Crippen MR) is 45.8 cm³/mol. The van der Waals surface area contributed by atoms with Crippen LogP contribution in [-0.2, 0) is 6.54 Å². The van der Waals surface area contributed by atoms with E-state index in [9.17, 15) is 13.2 Å². The summed E-state index contributed by atoms with van der Waals surface area (Å²) >= 11 is 0. The highest BCUT2D eigenvalue weighted by molar-refractivity contribution is 5.09. The van der Waals surface area contributed by atoms with Crippen LogP contribution in [0.2, 0.25) is 0 Å². The van der Waals surface area contributed by atoms with Crippen molar-refractivity contribution in [2.24, 2.45) is 0 Å². The first-order valence-electron chi connectivity index (χ1n) is 4.26. The van der Waals surface area contributed by atoms with Crippen molar-refractivity contribution in [3.63, 3.8) is 0 Å². The van der Waals surface area contributed by atoms with Crippen LogP contribution in [0.4, 0.5) is 13.2 Å². The van der Waals surface area contributed by atoms with Crippen molar-refractivity contribution in [1.29, 1.82) is 0 Å². The fourth-order valence-corrected chi connectivity index (χ4v) is 1.33. The highest BCUT2D eigenvalue weighted by Gasteiger charge is 2.41.